The maximum absolute atomic E-state index is 9.17. The van der Waals surface area contributed by atoms with E-state index in [0.717, 1.165) is 45.0 Å². The van der Waals surface area contributed by atoms with Crippen molar-refractivity contribution in [1.29, 1.82) is 0 Å². The minimum Gasteiger partial charge on any atom is -0.396 e. The van der Waals surface area contributed by atoms with Crippen LogP contribution in [0.25, 0.3) is 0 Å². The molecule has 5 nitrogen and oxygen atoms in total. The largest absolute Gasteiger partial charge is 0.396 e. The van der Waals surface area contributed by atoms with Crippen LogP contribution in [0.4, 0.5) is 0 Å². The van der Waals surface area contributed by atoms with Gasteiger partial charge in [0.05, 0.1) is 6.61 Å². The normalized spacial score (nSPS) is 13.1. The molecule has 0 aliphatic carbocycles. The fraction of sp³-hybridized carbons (Fsp3) is 0.941. The molecule has 0 aromatic carbocycles. The zero-order valence-electron chi connectivity index (χ0n) is 15.6. The van der Waals surface area contributed by atoms with Gasteiger partial charge in [-0.2, -0.15) is 0 Å². The van der Waals surface area contributed by atoms with Crippen LogP contribution in [-0.4, -0.2) is 50.5 Å². The van der Waals surface area contributed by atoms with E-state index in [2.05, 4.69) is 50.2 Å². The molecule has 0 fully saturated rings. The van der Waals surface area contributed by atoms with Gasteiger partial charge in [-0.3, -0.25) is 4.99 Å². The van der Waals surface area contributed by atoms with Gasteiger partial charge in [-0.15, -0.1) is 24.0 Å². The molecule has 3 N–H and O–H groups in total. The van der Waals surface area contributed by atoms with E-state index in [1.54, 1.807) is 0 Å². The molecule has 0 bridgehead atoms. The summed E-state index contributed by atoms with van der Waals surface area (Å²) in [7, 11) is 0. The molecule has 0 aromatic rings. The van der Waals surface area contributed by atoms with Gasteiger partial charge < -0.3 is 20.5 Å². The Balaban J connectivity index is 0. The predicted octanol–water partition coefficient (Wildman–Crippen LogP) is 2.88. The summed E-state index contributed by atoms with van der Waals surface area (Å²) in [5, 5.41) is 15.7. The van der Waals surface area contributed by atoms with E-state index in [1.165, 1.54) is 0 Å². The number of aliphatic hydroxyl groups is 1. The average molecular weight is 443 g/mol. The number of hydrogen-bond donors (Lipinski definition) is 3. The number of aliphatic hydroxyl groups excluding tert-OH is 1. The molecule has 0 rings (SSSR count). The molecule has 23 heavy (non-hydrogen) atoms. The van der Waals surface area contributed by atoms with Gasteiger partial charge in [0.25, 0.3) is 0 Å². The third-order valence-electron chi connectivity index (χ3n) is 3.18. The molecule has 0 radical (unpaired) electrons. The Morgan fingerprint density at radius 3 is 2.35 bits per heavy atom. The molecule has 1 atom stereocenters. The van der Waals surface area contributed by atoms with E-state index in [4.69, 9.17) is 9.84 Å². The van der Waals surface area contributed by atoms with Crippen LogP contribution in [0.15, 0.2) is 4.99 Å². The summed E-state index contributed by atoms with van der Waals surface area (Å²) in [6, 6.07) is 0. The third kappa shape index (κ3) is 16.6. The van der Waals surface area contributed by atoms with Crippen LogP contribution >= 0.6 is 24.0 Å². The van der Waals surface area contributed by atoms with Crippen LogP contribution in [0.5, 0.6) is 0 Å². The highest BCUT2D eigenvalue weighted by atomic mass is 127. The molecular weight excluding hydrogens is 405 g/mol. The average Bonchev–Trinajstić information content (AvgIpc) is 2.43. The van der Waals surface area contributed by atoms with Gasteiger partial charge in [0.2, 0.25) is 0 Å². The van der Waals surface area contributed by atoms with Crippen molar-refractivity contribution in [3.8, 4) is 0 Å². The van der Waals surface area contributed by atoms with Crippen LogP contribution in [0, 0.1) is 17.8 Å². The minimum atomic E-state index is 0. The molecule has 1 unspecified atom stereocenters. The lowest BCUT2D eigenvalue weighted by atomic mass is 9.94. The van der Waals surface area contributed by atoms with Gasteiger partial charge in [-0.1, -0.05) is 27.7 Å². The van der Waals surface area contributed by atoms with Crippen LogP contribution in [0.1, 0.15) is 47.5 Å². The highest BCUT2D eigenvalue weighted by Crippen LogP contribution is 2.15. The lowest BCUT2D eigenvalue weighted by molar-refractivity contribution is 0.114. The smallest absolute Gasteiger partial charge is 0.191 e. The first kappa shape index (κ1) is 25.2. The van der Waals surface area contributed by atoms with E-state index in [-0.39, 0.29) is 30.6 Å². The Morgan fingerprint density at radius 2 is 1.83 bits per heavy atom. The van der Waals surface area contributed by atoms with Crippen LogP contribution < -0.4 is 10.6 Å². The lowest BCUT2D eigenvalue weighted by Crippen LogP contribution is -2.39. The zero-order valence-corrected chi connectivity index (χ0v) is 17.9. The molecule has 0 heterocycles. The van der Waals surface area contributed by atoms with Crippen molar-refractivity contribution in [2.24, 2.45) is 22.7 Å². The topological polar surface area (TPSA) is 65.9 Å². The fourth-order valence-electron chi connectivity index (χ4n) is 2.26. The summed E-state index contributed by atoms with van der Waals surface area (Å²) < 4.78 is 5.56. The van der Waals surface area contributed by atoms with E-state index in [9.17, 15) is 0 Å². The maximum atomic E-state index is 9.17. The highest BCUT2D eigenvalue weighted by Gasteiger charge is 2.10. The summed E-state index contributed by atoms with van der Waals surface area (Å²) in [6.07, 6.45) is 1.92. The van der Waals surface area contributed by atoms with Gasteiger partial charge in [-0.25, -0.2) is 0 Å². The van der Waals surface area contributed by atoms with Gasteiger partial charge in [0, 0.05) is 32.8 Å². The maximum Gasteiger partial charge on any atom is 0.191 e. The van der Waals surface area contributed by atoms with Crippen molar-refractivity contribution in [2.75, 3.05) is 39.5 Å². The summed E-state index contributed by atoms with van der Waals surface area (Å²) in [5.41, 5.74) is 0. The number of hydrogen-bond acceptors (Lipinski definition) is 3. The van der Waals surface area contributed by atoms with Crippen molar-refractivity contribution in [3.05, 3.63) is 0 Å². The van der Waals surface area contributed by atoms with E-state index < -0.39 is 0 Å². The van der Waals surface area contributed by atoms with Crippen molar-refractivity contribution in [2.45, 2.75) is 47.5 Å². The fourth-order valence-corrected chi connectivity index (χ4v) is 2.26. The Bertz CT molecular complexity index is 287. The van der Waals surface area contributed by atoms with Gasteiger partial charge in [-0.05, 0) is 37.5 Å². The van der Waals surface area contributed by atoms with Gasteiger partial charge in [0.15, 0.2) is 5.96 Å². The molecule has 0 amide bonds. The SMILES string of the molecule is CCNC(=NCC(CCO)CC(C)C)NCCOCC(C)C.I. The molecule has 140 valence electrons. The van der Waals surface area contributed by atoms with E-state index in [0.29, 0.717) is 24.4 Å². The quantitative estimate of drug-likeness (QED) is 0.188. The van der Waals surface area contributed by atoms with Crippen LogP contribution in [0.3, 0.4) is 0 Å². The van der Waals surface area contributed by atoms with Crippen molar-refractivity contribution in [3.63, 3.8) is 0 Å². The van der Waals surface area contributed by atoms with Crippen molar-refractivity contribution >= 4 is 29.9 Å². The summed E-state index contributed by atoms with van der Waals surface area (Å²) in [4.78, 5) is 4.65. The number of nitrogens with zero attached hydrogens (tertiary/aromatic N) is 1. The Hall–Kier alpha value is -0.0800. The molecule has 0 spiro atoms. The predicted molar refractivity (Wildman–Crippen MR) is 110 cm³/mol. The summed E-state index contributed by atoms with van der Waals surface area (Å²) in [6.45, 7) is 14.8. The number of aliphatic imine (C=N–C) groups is 1. The number of guanidine groups is 1. The zero-order chi connectivity index (χ0) is 16.8. The minimum absolute atomic E-state index is 0. The second-order valence-electron chi connectivity index (χ2n) is 6.62. The van der Waals surface area contributed by atoms with E-state index in [1.807, 2.05) is 0 Å². The Morgan fingerprint density at radius 1 is 1.13 bits per heavy atom. The first-order valence-corrected chi connectivity index (χ1v) is 8.70. The Kier molecular flexibility index (Phi) is 18.3. The van der Waals surface area contributed by atoms with Crippen LogP contribution in [-0.2, 0) is 4.74 Å². The van der Waals surface area contributed by atoms with E-state index >= 15 is 0 Å². The lowest BCUT2D eigenvalue weighted by Gasteiger charge is -2.17. The number of ether oxygens (including phenoxy) is 1. The number of nitrogens with one attached hydrogen (secondary N) is 2. The monoisotopic (exact) mass is 443 g/mol. The summed E-state index contributed by atoms with van der Waals surface area (Å²) in [5.74, 6) is 2.48. The van der Waals surface area contributed by atoms with Crippen molar-refractivity contribution in [1.82, 2.24) is 10.6 Å². The van der Waals surface area contributed by atoms with Gasteiger partial charge in [0.1, 0.15) is 0 Å². The number of halogens is 1. The first-order chi connectivity index (χ1) is 10.5. The van der Waals surface area contributed by atoms with Gasteiger partial charge >= 0.3 is 0 Å². The standard InChI is InChI=1S/C17H37N3O2.HI/c1-6-18-17(19-8-10-22-13-15(4)5)20-12-16(7-9-21)11-14(2)3;/h14-16,21H,6-13H2,1-5H3,(H2,18,19,20);1H. The molecule has 0 saturated carbocycles. The molecule has 0 aliphatic heterocycles. The molecular formula is C17H38IN3O2. The molecule has 0 aromatic heterocycles. The number of rotatable bonds is 12. The summed E-state index contributed by atoms with van der Waals surface area (Å²) >= 11 is 0. The van der Waals surface area contributed by atoms with Crippen molar-refractivity contribution < 1.29 is 9.84 Å². The van der Waals surface area contributed by atoms with Crippen LogP contribution in [0.2, 0.25) is 0 Å². The first-order valence-electron chi connectivity index (χ1n) is 8.70. The third-order valence-corrected chi connectivity index (χ3v) is 3.18. The molecule has 6 heteroatoms. The Labute approximate surface area is 160 Å². The highest BCUT2D eigenvalue weighted by molar-refractivity contribution is 14.0. The second kappa shape index (κ2) is 16.8. The second-order valence-corrected chi connectivity index (χ2v) is 6.62. The molecule has 0 aliphatic rings. The molecule has 0 saturated heterocycles.